The predicted molar refractivity (Wildman–Crippen MR) is 326 cm³/mol. The Kier molecular flexibility index (Phi) is 62.6. The number of unbranched alkanes of at least 4 members (excludes halogenated alkanes) is 48. The average molecular weight is 1060 g/mol. The molecule has 75 heavy (non-hydrogen) atoms. The van der Waals surface area contributed by atoms with Gasteiger partial charge < -0.3 is 14.2 Å². The van der Waals surface area contributed by atoms with Crippen molar-refractivity contribution in [3.63, 3.8) is 0 Å². The zero-order chi connectivity index (χ0) is 54.3. The second-order valence-corrected chi connectivity index (χ2v) is 23.1. The molecule has 0 fully saturated rings. The molecule has 0 aromatic heterocycles. The van der Waals surface area contributed by atoms with E-state index in [0.29, 0.717) is 19.3 Å². The van der Waals surface area contributed by atoms with Crippen molar-refractivity contribution in [1.82, 2.24) is 0 Å². The minimum Gasteiger partial charge on any atom is -0.462 e. The summed E-state index contributed by atoms with van der Waals surface area (Å²) in [4.78, 5) is 38.4. The molecule has 0 heterocycles. The zero-order valence-corrected chi connectivity index (χ0v) is 50.8. The molecule has 0 N–H and O–H groups in total. The van der Waals surface area contributed by atoms with Gasteiger partial charge in [-0.05, 0) is 51.4 Å². The zero-order valence-electron chi connectivity index (χ0n) is 50.8. The molecule has 0 aromatic rings. The Balaban J connectivity index is 4.25. The molecule has 0 spiro atoms. The summed E-state index contributed by atoms with van der Waals surface area (Å²) in [6, 6.07) is 0. The van der Waals surface area contributed by atoms with Gasteiger partial charge in [-0.1, -0.05) is 334 Å². The highest BCUT2D eigenvalue weighted by Crippen LogP contribution is 2.18. The van der Waals surface area contributed by atoms with Crippen molar-refractivity contribution in [2.45, 2.75) is 386 Å². The fourth-order valence-corrected chi connectivity index (χ4v) is 10.4. The summed E-state index contributed by atoms with van der Waals surface area (Å²) in [5.41, 5.74) is 0. The lowest BCUT2D eigenvalue weighted by atomic mass is 10.0. The molecular formula is C69H130O6. The van der Waals surface area contributed by atoms with Crippen LogP contribution < -0.4 is 0 Å². The van der Waals surface area contributed by atoms with Gasteiger partial charge in [0, 0.05) is 19.3 Å². The van der Waals surface area contributed by atoms with Crippen LogP contribution in [-0.2, 0) is 28.6 Å². The number of carbonyl (C=O) groups excluding carboxylic acids is 3. The minimum atomic E-state index is -0.770. The molecule has 1 unspecified atom stereocenters. The van der Waals surface area contributed by atoms with Crippen molar-refractivity contribution < 1.29 is 28.6 Å². The van der Waals surface area contributed by atoms with Crippen LogP contribution in [0.5, 0.6) is 0 Å². The van der Waals surface area contributed by atoms with Gasteiger partial charge in [0.15, 0.2) is 6.10 Å². The van der Waals surface area contributed by atoms with Crippen LogP contribution in [0.25, 0.3) is 0 Å². The maximum atomic E-state index is 12.9. The van der Waals surface area contributed by atoms with Gasteiger partial charge in [-0.15, -0.1) is 0 Å². The van der Waals surface area contributed by atoms with Crippen LogP contribution in [0, 0.1) is 0 Å². The summed E-state index contributed by atoms with van der Waals surface area (Å²) < 4.78 is 17.0. The molecule has 0 saturated carbocycles. The van der Waals surface area contributed by atoms with E-state index in [0.717, 1.165) is 64.2 Å². The molecule has 442 valence electrons. The summed E-state index contributed by atoms with van der Waals surface area (Å²) in [5, 5.41) is 0. The van der Waals surface area contributed by atoms with E-state index in [4.69, 9.17) is 14.2 Å². The number of ether oxygens (including phenoxy) is 3. The maximum Gasteiger partial charge on any atom is 0.306 e. The monoisotopic (exact) mass is 1050 g/mol. The normalized spacial score (nSPS) is 12.1. The first-order valence-electron chi connectivity index (χ1n) is 33.8. The third kappa shape index (κ3) is 62.6. The summed E-state index contributed by atoms with van der Waals surface area (Å²) in [6.07, 6.45) is 77.6. The molecule has 0 bridgehead atoms. The third-order valence-corrected chi connectivity index (χ3v) is 15.5. The van der Waals surface area contributed by atoms with Gasteiger partial charge in [-0.2, -0.15) is 0 Å². The van der Waals surface area contributed by atoms with E-state index in [9.17, 15) is 14.4 Å². The van der Waals surface area contributed by atoms with Gasteiger partial charge in [-0.3, -0.25) is 14.4 Å². The van der Waals surface area contributed by atoms with Gasteiger partial charge in [0.25, 0.3) is 0 Å². The number of hydrogen-bond donors (Lipinski definition) is 0. The molecule has 6 nitrogen and oxygen atoms in total. The Labute approximate surface area is 468 Å². The molecule has 6 heteroatoms. The second kappa shape index (κ2) is 64.4. The number of esters is 3. The topological polar surface area (TPSA) is 78.9 Å². The van der Waals surface area contributed by atoms with Crippen molar-refractivity contribution >= 4 is 17.9 Å². The van der Waals surface area contributed by atoms with E-state index >= 15 is 0 Å². The summed E-state index contributed by atoms with van der Waals surface area (Å²) >= 11 is 0. The van der Waals surface area contributed by atoms with E-state index in [1.165, 1.54) is 276 Å². The SMILES string of the molecule is CCCCC/C=C\C/C=C\CCCCCCCCCCCC(=O)OC(COC(=O)CCCCCCCCCCCCCCCC)COC(=O)CCCCCCCCCCCCCCCCCCCCCCCCCC. The molecule has 0 aliphatic heterocycles. The largest absolute Gasteiger partial charge is 0.462 e. The maximum absolute atomic E-state index is 12.9. The smallest absolute Gasteiger partial charge is 0.306 e. The van der Waals surface area contributed by atoms with E-state index in [1.807, 2.05) is 0 Å². The van der Waals surface area contributed by atoms with Gasteiger partial charge in [-0.25, -0.2) is 0 Å². The van der Waals surface area contributed by atoms with Gasteiger partial charge >= 0.3 is 17.9 Å². The Hall–Kier alpha value is -2.11. The standard InChI is InChI=1S/C69H130O6/c1-4-7-10-13-16-19-22-25-28-30-32-33-34-35-36-38-39-41-44-47-50-53-56-59-62-68(71)74-65-66(64-73-67(70)61-58-55-52-49-46-43-27-24-21-18-15-12-9-6-3)75-69(72)63-60-57-54-51-48-45-42-40-37-31-29-26-23-20-17-14-11-8-5-2/h17,20,26,29,66H,4-16,18-19,21-25,27-28,30-65H2,1-3H3/b20-17-,29-26-. The lowest BCUT2D eigenvalue weighted by Crippen LogP contribution is -2.30. The van der Waals surface area contributed by atoms with Gasteiger partial charge in [0.2, 0.25) is 0 Å². The number of rotatable bonds is 63. The molecule has 0 rings (SSSR count). The number of hydrogen-bond acceptors (Lipinski definition) is 6. The van der Waals surface area contributed by atoms with Gasteiger partial charge in [0.1, 0.15) is 13.2 Å². The Morgan fingerprint density at radius 3 is 0.760 bits per heavy atom. The predicted octanol–water partition coefficient (Wildman–Crippen LogP) is 23.0. The molecule has 0 aliphatic carbocycles. The quantitative estimate of drug-likeness (QED) is 0.0261. The third-order valence-electron chi connectivity index (χ3n) is 15.5. The van der Waals surface area contributed by atoms with Crippen LogP contribution in [-0.4, -0.2) is 37.2 Å². The number of carbonyl (C=O) groups is 3. The summed E-state index contributed by atoms with van der Waals surface area (Å²) in [5.74, 6) is -0.840. The van der Waals surface area contributed by atoms with Crippen molar-refractivity contribution in [3.8, 4) is 0 Å². The first-order valence-corrected chi connectivity index (χ1v) is 33.8. The van der Waals surface area contributed by atoms with Crippen LogP contribution in [0.3, 0.4) is 0 Å². The molecular weight excluding hydrogens is 925 g/mol. The molecule has 0 aromatic carbocycles. The van der Waals surface area contributed by atoms with Crippen molar-refractivity contribution in [2.75, 3.05) is 13.2 Å². The van der Waals surface area contributed by atoms with E-state index in [-0.39, 0.29) is 31.1 Å². The van der Waals surface area contributed by atoms with Crippen LogP contribution >= 0.6 is 0 Å². The highest BCUT2D eigenvalue weighted by molar-refractivity contribution is 5.71. The highest BCUT2D eigenvalue weighted by atomic mass is 16.6. The Morgan fingerprint density at radius 1 is 0.267 bits per heavy atom. The van der Waals surface area contributed by atoms with Gasteiger partial charge in [0.05, 0.1) is 0 Å². The molecule has 0 aliphatic rings. The molecule has 0 saturated heterocycles. The molecule has 0 amide bonds. The van der Waals surface area contributed by atoms with Crippen LogP contribution in [0.1, 0.15) is 380 Å². The lowest BCUT2D eigenvalue weighted by Gasteiger charge is -2.18. The lowest BCUT2D eigenvalue weighted by molar-refractivity contribution is -0.167. The van der Waals surface area contributed by atoms with Crippen LogP contribution in [0.2, 0.25) is 0 Å². The average Bonchev–Trinajstić information content (AvgIpc) is 3.41. The number of allylic oxidation sites excluding steroid dienone is 4. The highest BCUT2D eigenvalue weighted by Gasteiger charge is 2.19. The fourth-order valence-electron chi connectivity index (χ4n) is 10.4. The van der Waals surface area contributed by atoms with E-state index in [1.54, 1.807) is 0 Å². The molecule has 1 atom stereocenters. The van der Waals surface area contributed by atoms with Crippen LogP contribution in [0.4, 0.5) is 0 Å². The second-order valence-electron chi connectivity index (χ2n) is 23.1. The summed E-state index contributed by atoms with van der Waals surface area (Å²) in [7, 11) is 0. The Bertz CT molecular complexity index is 1210. The van der Waals surface area contributed by atoms with Crippen LogP contribution in [0.15, 0.2) is 24.3 Å². The van der Waals surface area contributed by atoms with Crippen molar-refractivity contribution in [2.24, 2.45) is 0 Å². The first-order chi connectivity index (χ1) is 37.0. The first kappa shape index (κ1) is 72.9. The Morgan fingerprint density at radius 2 is 0.480 bits per heavy atom. The summed E-state index contributed by atoms with van der Waals surface area (Å²) in [6.45, 7) is 6.69. The van der Waals surface area contributed by atoms with E-state index in [2.05, 4.69) is 45.1 Å². The molecule has 0 radical (unpaired) electrons. The van der Waals surface area contributed by atoms with Crippen molar-refractivity contribution in [3.05, 3.63) is 24.3 Å². The van der Waals surface area contributed by atoms with E-state index < -0.39 is 6.10 Å². The van der Waals surface area contributed by atoms with Crippen molar-refractivity contribution in [1.29, 1.82) is 0 Å². The minimum absolute atomic E-state index is 0.0665. The fraction of sp³-hybridized carbons (Fsp3) is 0.899.